The molecule has 0 radical (unpaired) electrons. The van der Waals surface area contributed by atoms with Crippen LogP contribution in [0.4, 0.5) is 4.39 Å². The Morgan fingerprint density at radius 2 is 2.21 bits per heavy atom. The van der Waals surface area contributed by atoms with Gasteiger partial charge in [-0.1, -0.05) is 0 Å². The summed E-state index contributed by atoms with van der Waals surface area (Å²) in [5.74, 6) is 0.686. The van der Waals surface area contributed by atoms with Crippen LogP contribution in [0.15, 0.2) is 18.2 Å². The SMILES string of the molecule is COC[C@H]1CCCN(C(=O)CC[C@@]2(Cc3cc(OC)ccc3F)CCC(=O)N2)C1. The summed E-state index contributed by atoms with van der Waals surface area (Å²) in [5, 5.41) is 3.03. The number of amides is 2. The smallest absolute Gasteiger partial charge is 0.222 e. The lowest BCUT2D eigenvalue weighted by atomic mass is 9.84. The Bertz CT molecular complexity index is 740. The van der Waals surface area contributed by atoms with Gasteiger partial charge in [-0.05, 0) is 61.8 Å². The summed E-state index contributed by atoms with van der Waals surface area (Å²) >= 11 is 0. The fourth-order valence-electron chi connectivity index (χ4n) is 4.53. The summed E-state index contributed by atoms with van der Waals surface area (Å²) in [4.78, 5) is 26.7. The van der Waals surface area contributed by atoms with Gasteiger partial charge in [-0.15, -0.1) is 0 Å². The molecule has 2 aliphatic rings. The van der Waals surface area contributed by atoms with Crippen molar-refractivity contribution in [2.45, 2.75) is 50.5 Å². The minimum atomic E-state index is -0.596. The van der Waals surface area contributed by atoms with Crippen molar-refractivity contribution in [2.75, 3.05) is 33.9 Å². The first kappa shape index (κ1) is 21.6. The highest BCUT2D eigenvalue weighted by atomic mass is 19.1. The van der Waals surface area contributed by atoms with Crippen LogP contribution < -0.4 is 10.1 Å². The van der Waals surface area contributed by atoms with E-state index in [1.54, 1.807) is 19.2 Å². The van der Waals surface area contributed by atoms with Crippen molar-refractivity contribution in [1.29, 1.82) is 0 Å². The van der Waals surface area contributed by atoms with E-state index < -0.39 is 5.54 Å². The van der Waals surface area contributed by atoms with Crippen molar-refractivity contribution in [3.05, 3.63) is 29.6 Å². The first-order chi connectivity index (χ1) is 13.9. The summed E-state index contributed by atoms with van der Waals surface area (Å²) in [7, 11) is 3.23. The maximum absolute atomic E-state index is 14.4. The molecule has 2 aliphatic heterocycles. The van der Waals surface area contributed by atoms with Crippen molar-refractivity contribution < 1.29 is 23.5 Å². The molecule has 1 aromatic carbocycles. The number of likely N-dealkylation sites (tertiary alicyclic amines) is 1. The van der Waals surface area contributed by atoms with Crippen LogP contribution in [-0.4, -0.2) is 56.2 Å². The second kappa shape index (κ2) is 9.57. The lowest BCUT2D eigenvalue weighted by Crippen LogP contribution is -2.46. The molecule has 29 heavy (non-hydrogen) atoms. The van der Waals surface area contributed by atoms with Crippen LogP contribution in [0.2, 0.25) is 0 Å². The molecule has 1 N–H and O–H groups in total. The van der Waals surface area contributed by atoms with Crippen molar-refractivity contribution in [3.63, 3.8) is 0 Å². The number of carbonyl (C=O) groups excluding carboxylic acids is 2. The van der Waals surface area contributed by atoms with Gasteiger partial charge in [0, 0.05) is 38.6 Å². The van der Waals surface area contributed by atoms with E-state index in [4.69, 9.17) is 9.47 Å². The van der Waals surface area contributed by atoms with Gasteiger partial charge in [-0.25, -0.2) is 4.39 Å². The molecule has 0 spiro atoms. The van der Waals surface area contributed by atoms with Gasteiger partial charge in [0.05, 0.1) is 13.7 Å². The lowest BCUT2D eigenvalue weighted by Gasteiger charge is -2.34. The Hall–Kier alpha value is -2.15. The average Bonchev–Trinajstić information content (AvgIpc) is 3.09. The molecule has 2 heterocycles. The summed E-state index contributed by atoms with van der Waals surface area (Å²) in [6.45, 7) is 2.15. The molecular weight excluding hydrogens is 375 g/mol. The number of nitrogens with one attached hydrogen (secondary N) is 1. The van der Waals surface area contributed by atoms with E-state index in [-0.39, 0.29) is 17.6 Å². The predicted molar refractivity (Wildman–Crippen MR) is 107 cm³/mol. The monoisotopic (exact) mass is 406 g/mol. The molecule has 7 heteroatoms. The fourth-order valence-corrected chi connectivity index (χ4v) is 4.53. The number of carbonyl (C=O) groups is 2. The molecule has 0 aromatic heterocycles. The van der Waals surface area contributed by atoms with Crippen LogP contribution in [0.25, 0.3) is 0 Å². The van der Waals surface area contributed by atoms with Crippen LogP contribution in [0.3, 0.4) is 0 Å². The summed E-state index contributed by atoms with van der Waals surface area (Å²) in [6, 6.07) is 4.63. The maximum atomic E-state index is 14.4. The zero-order chi connectivity index (χ0) is 20.9. The minimum absolute atomic E-state index is 0.0427. The van der Waals surface area contributed by atoms with E-state index in [1.807, 2.05) is 4.90 Å². The van der Waals surface area contributed by atoms with Gasteiger partial charge < -0.3 is 19.7 Å². The van der Waals surface area contributed by atoms with E-state index in [0.717, 1.165) is 25.9 Å². The second-order valence-corrected chi connectivity index (χ2v) is 8.27. The molecule has 2 saturated heterocycles. The first-order valence-corrected chi connectivity index (χ1v) is 10.3. The number of halogens is 1. The predicted octanol–water partition coefficient (Wildman–Crippen LogP) is 2.69. The Balaban J connectivity index is 1.66. The summed E-state index contributed by atoms with van der Waals surface area (Å²) < 4.78 is 24.8. The maximum Gasteiger partial charge on any atom is 0.222 e. The Morgan fingerprint density at radius 3 is 2.90 bits per heavy atom. The number of hydrogen-bond donors (Lipinski definition) is 1. The lowest BCUT2D eigenvalue weighted by molar-refractivity contribution is -0.134. The van der Waals surface area contributed by atoms with E-state index in [9.17, 15) is 14.0 Å². The molecule has 160 valence electrons. The molecule has 3 rings (SSSR count). The van der Waals surface area contributed by atoms with E-state index in [2.05, 4.69) is 5.32 Å². The van der Waals surface area contributed by atoms with E-state index in [1.165, 1.54) is 13.2 Å². The first-order valence-electron chi connectivity index (χ1n) is 10.3. The van der Waals surface area contributed by atoms with Gasteiger partial charge in [-0.3, -0.25) is 9.59 Å². The molecule has 0 aliphatic carbocycles. The second-order valence-electron chi connectivity index (χ2n) is 8.27. The Morgan fingerprint density at radius 1 is 1.38 bits per heavy atom. The molecule has 0 unspecified atom stereocenters. The zero-order valence-corrected chi connectivity index (χ0v) is 17.3. The average molecular weight is 406 g/mol. The van der Waals surface area contributed by atoms with Gasteiger partial charge in [-0.2, -0.15) is 0 Å². The van der Waals surface area contributed by atoms with Crippen molar-refractivity contribution >= 4 is 11.8 Å². The Kier molecular flexibility index (Phi) is 7.11. The van der Waals surface area contributed by atoms with E-state index >= 15 is 0 Å². The summed E-state index contributed by atoms with van der Waals surface area (Å²) in [5.41, 5.74) is -0.0982. The molecular formula is C22H31FN2O4. The number of rotatable bonds is 8. The van der Waals surface area contributed by atoms with Crippen molar-refractivity contribution in [2.24, 2.45) is 5.92 Å². The number of hydrogen-bond acceptors (Lipinski definition) is 4. The number of benzene rings is 1. The largest absolute Gasteiger partial charge is 0.497 e. The summed E-state index contributed by atoms with van der Waals surface area (Å²) in [6.07, 6.45) is 4.25. The quantitative estimate of drug-likeness (QED) is 0.721. The standard InChI is InChI=1S/C22H31FN2O4/c1-28-15-16-4-3-11-25(14-16)21(27)8-10-22(9-7-20(26)24-22)13-17-12-18(29-2)5-6-19(17)23/h5-6,12,16H,3-4,7-11,13-15H2,1-2H3,(H,24,26)/t16-,22+/m0/s1. The molecule has 2 amide bonds. The van der Waals surface area contributed by atoms with Gasteiger partial charge in [0.2, 0.25) is 11.8 Å². The third-order valence-corrected chi connectivity index (χ3v) is 6.11. The van der Waals surface area contributed by atoms with E-state index in [0.29, 0.717) is 55.9 Å². The van der Waals surface area contributed by atoms with Gasteiger partial charge in [0.25, 0.3) is 0 Å². The highest BCUT2D eigenvalue weighted by molar-refractivity contribution is 5.80. The van der Waals surface area contributed by atoms with Crippen LogP contribution in [0.1, 0.15) is 44.1 Å². The van der Waals surface area contributed by atoms with Crippen LogP contribution in [0, 0.1) is 11.7 Å². The van der Waals surface area contributed by atoms with Gasteiger partial charge in [0.15, 0.2) is 0 Å². The molecule has 1 aromatic rings. The highest BCUT2D eigenvalue weighted by Crippen LogP contribution is 2.32. The Labute approximate surface area is 171 Å². The molecule has 2 fully saturated rings. The topological polar surface area (TPSA) is 67.9 Å². The zero-order valence-electron chi connectivity index (χ0n) is 17.3. The number of methoxy groups -OCH3 is 2. The minimum Gasteiger partial charge on any atom is -0.497 e. The van der Waals surface area contributed by atoms with Crippen LogP contribution in [-0.2, 0) is 20.7 Å². The van der Waals surface area contributed by atoms with Gasteiger partial charge in [0.1, 0.15) is 11.6 Å². The van der Waals surface area contributed by atoms with Crippen LogP contribution in [0.5, 0.6) is 5.75 Å². The molecule has 0 saturated carbocycles. The van der Waals surface area contributed by atoms with Crippen molar-refractivity contribution in [3.8, 4) is 5.75 Å². The molecule has 6 nitrogen and oxygen atoms in total. The molecule has 0 bridgehead atoms. The third-order valence-electron chi connectivity index (χ3n) is 6.11. The highest BCUT2D eigenvalue weighted by Gasteiger charge is 2.39. The van der Waals surface area contributed by atoms with Gasteiger partial charge >= 0.3 is 0 Å². The fraction of sp³-hybridized carbons (Fsp3) is 0.636. The van der Waals surface area contributed by atoms with Crippen LogP contribution >= 0.6 is 0 Å². The number of ether oxygens (including phenoxy) is 2. The third kappa shape index (κ3) is 5.47. The number of piperidine rings is 1. The number of nitrogens with zero attached hydrogens (tertiary/aromatic N) is 1. The molecule has 2 atom stereocenters. The normalized spacial score (nSPS) is 24.4. The van der Waals surface area contributed by atoms with Crippen molar-refractivity contribution in [1.82, 2.24) is 10.2 Å².